The van der Waals surface area contributed by atoms with Crippen molar-refractivity contribution in [3.8, 4) is 0 Å². The van der Waals surface area contributed by atoms with Gasteiger partial charge < -0.3 is 26.2 Å². The molecular weight excluding hydrogens is 304 g/mol. The molecule has 0 aromatic heterocycles. The van der Waals surface area contributed by atoms with Crippen molar-refractivity contribution in [2.75, 3.05) is 7.05 Å². The second-order valence-corrected chi connectivity index (χ2v) is 4.01. The van der Waals surface area contributed by atoms with Crippen molar-refractivity contribution in [1.82, 2.24) is 21.4 Å². The molecule has 0 rings (SSSR count). The Morgan fingerprint density at radius 2 is 1.32 bits per heavy atom. The zero-order valence-corrected chi connectivity index (χ0v) is 11.5. The van der Waals surface area contributed by atoms with Gasteiger partial charge in [0.05, 0.1) is 12.8 Å². The maximum atomic E-state index is 11.9. The smallest absolute Gasteiger partial charge is 0.339 e. The number of carboxylic acid groups (broad SMARTS) is 2. The second-order valence-electron chi connectivity index (χ2n) is 4.01. The van der Waals surface area contributed by atoms with Gasteiger partial charge >= 0.3 is 18.0 Å². The molecule has 12 nitrogen and oxygen atoms in total. The van der Waals surface area contributed by atoms with Gasteiger partial charge in [-0.15, -0.1) is 0 Å². The Bertz CT molecular complexity index is 466. The van der Waals surface area contributed by atoms with Crippen molar-refractivity contribution >= 4 is 29.8 Å². The molecule has 0 aromatic carbocycles. The molecule has 0 unspecified atom stereocenters. The van der Waals surface area contributed by atoms with E-state index in [0.29, 0.717) is 0 Å². The predicted molar refractivity (Wildman–Crippen MR) is 67.7 cm³/mol. The molecule has 124 valence electrons. The van der Waals surface area contributed by atoms with Crippen molar-refractivity contribution in [3.63, 3.8) is 0 Å². The molecule has 4 amide bonds. The van der Waals surface area contributed by atoms with E-state index < -0.39 is 54.7 Å². The molecule has 0 aliphatic heterocycles. The highest BCUT2D eigenvalue weighted by Crippen LogP contribution is 1.98. The largest absolute Gasteiger partial charge is 0.481 e. The Hall–Kier alpha value is -2.89. The highest BCUT2D eigenvalue weighted by atomic mass is 16.5. The molecule has 0 radical (unpaired) electrons. The molecule has 22 heavy (non-hydrogen) atoms. The lowest BCUT2D eigenvalue weighted by atomic mass is 10.1. The fraction of sp³-hybridized carbons (Fsp3) is 0.500. The summed E-state index contributed by atoms with van der Waals surface area (Å²) in [4.78, 5) is 55.6. The van der Waals surface area contributed by atoms with Gasteiger partial charge in [-0.05, 0) is 0 Å². The van der Waals surface area contributed by atoms with Crippen LogP contribution in [0.5, 0.6) is 0 Å². The summed E-state index contributed by atoms with van der Waals surface area (Å²) in [5, 5.41) is 31.7. The summed E-state index contributed by atoms with van der Waals surface area (Å²) in [7, 11) is 1.22. The van der Waals surface area contributed by atoms with E-state index in [1.807, 2.05) is 10.6 Å². The quantitative estimate of drug-likeness (QED) is 0.184. The fourth-order valence-corrected chi connectivity index (χ4v) is 1.40. The number of nitrogens with one attached hydrogen (secondary N) is 4. The van der Waals surface area contributed by atoms with Crippen molar-refractivity contribution in [2.24, 2.45) is 0 Å². The van der Waals surface area contributed by atoms with E-state index in [1.165, 1.54) is 7.05 Å². The zero-order valence-electron chi connectivity index (χ0n) is 11.5. The second kappa shape index (κ2) is 9.12. The molecule has 2 atom stereocenters. The lowest BCUT2D eigenvalue weighted by Gasteiger charge is -2.20. The van der Waals surface area contributed by atoms with Crippen LogP contribution < -0.4 is 21.4 Å². The third-order valence-electron chi connectivity index (χ3n) is 2.36. The van der Waals surface area contributed by atoms with Gasteiger partial charge in [-0.3, -0.25) is 24.4 Å². The standard InChI is InChI=1S/C10H16N4O8/c1-11-8(19)4(2-6(15)16)12-9(20)5(3-7(17)18)13-10(21)14-22/h4-5,22H,2-3H2,1H3,(H,11,19)(H,12,20)(H,15,16)(H,17,18)(H2,13,14,21)/t4-,5-/m0/s1. The van der Waals surface area contributed by atoms with Crippen LogP contribution in [0.3, 0.4) is 0 Å². The van der Waals surface area contributed by atoms with E-state index in [1.54, 1.807) is 0 Å². The minimum atomic E-state index is -1.62. The minimum Gasteiger partial charge on any atom is -0.481 e. The van der Waals surface area contributed by atoms with Crippen molar-refractivity contribution in [2.45, 2.75) is 24.9 Å². The van der Waals surface area contributed by atoms with Crippen LogP contribution in [0, 0.1) is 0 Å². The highest BCUT2D eigenvalue weighted by molar-refractivity contribution is 5.94. The number of carbonyl (C=O) groups excluding carboxylic acids is 3. The number of hydroxylamine groups is 1. The molecule has 0 bridgehead atoms. The number of hydrogen-bond acceptors (Lipinski definition) is 6. The molecule has 7 N–H and O–H groups in total. The van der Waals surface area contributed by atoms with Gasteiger partial charge in [-0.1, -0.05) is 0 Å². The first-order valence-electron chi connectivity index (χ1n) is 5.87. The average Bonchev–Trinajstić information content (AvgIpc) is 2.43. The van der Waals surface area contributed by atoms with E-state index in [4.69, 9.17) is 15.4 Å². The van der Waals surface area contributed by atoms with Gasteiger partial charge in [0.1, 0.15) is 12.1 Å². The van der Waals surface area contributed by atoms with E-state index in [-0.39, 0.29) is 0 Å². The Balaban J connectivity index is 5.01. The number of likely N-dealkylation sites (N-methyl/N-ethyl adjacent to an activating group) is 1. The van der Waals surface area contributed by atoms with E-state index in [2.05, 4.69) is 5.32 Å². The Labute approximate surface area is 123 Å². The number of urea groups is 1. The van der Waals surface area contributed by atoms with Gasteiger partial charge in [0, 0.05) is 7.05 Å². The lowest BCUT2D eigenvalue weighted by molar-refractivity contribution is -0.142. The van der Waals surface area contributed by atoms with Crippen molar-refractivity contribution in [3.05, 3.63) is 0 Å². The van der Waals surface area contributed by atoms with Crippen LogP contribution in [0.15, 0.2) is 0 Å². The first kappa shape index (κ1) is 19.1. The summed E-state index contributed by atoms with van der Waals surface area (Å²) in [6, 6.07) is -4.31. The Morgan fingerprint density at radius 1 is 0.864 bits per heavy atom. The monoisotopic (exact) mass is 320 g/mol. The van der Waals surface area contributed by atoms with Crippen LogP contribution >= 0.6 is 0 Å². The maximum absolute atomic E-state index is 11.9. The van der Waals surface area contributed by atoms with Gasteiger partial charge in [0.2, 0.25) is 11.8 Å². The highest BCUT2D eigenvalue weighted by Gasteiger charge is 2.29. The molecule has 0 aromatic rings. The molecule has 0 aliphatic carbocycles. The van der Waals surface area contributed by atoms with Crippen LogP contribution in [-0.4, -0.2) is 64.3 Å². The minimum absolute atomic E-state index is 0.739. The molecule has 0 saturated heterocycles. The third-order valence-corrected chi connectivity index (χ3v) is 2.36. The summed E-state index contributed by atoms with van der Waals surface area (Å²) >= 11 is 0. The molecule has 0 fully saturated rings. The van der Waals surface area contributed by atoms with Gasteiger partial charge in [-0.2, -0.15) is 0 Å². The molecule has 12 heteroatoms. The lowest BCUT2D eigenvalue weighted by Crippen LogP contribution is -2.55. The summed E-state index contributed by atoms with van der Waals surface area (Å²) in [5.41, 5.74) is 1.15. The number of aliphatic carboxylic acids is 2. The number of carbonyl (C=O) groups is 5. The topological polar surface area (TPSA) is 194 Å². The first-order chi connectivity index (χ1) is 10.2. The van der Waals surface area contributed by atoms with Crippen LogP contribution in [0.25, 0.3) is 0 Å². The van der Waals surface area contributed by atoms with E-state index in [0.717, 1.165) is 5.48 Å². The number of rotatable bonds is 8. The van der Waals surface area contributed by atoms with Gasteiger partial charge in [0.25, 0.3) is 0 Å². The maximum Gasteiger partial charge on any atom is 0.339 e. The molecule has 0 saturated carbocycles. The Morgan fingerprint density at radius 3 is 1.68 bits per heavy atom. The summed E-state index contributed by atoms with van der Waals surface area (Å²) in [6.45, 7) is 0. The van der Waals surface area contributed by atoms with Crippen LogP contribution in [0.1, 0.15) is 12.8 Å². The van der Waals surface area contributed by atoms with Crippen LogP contribution in [0.4, 0.5) is 4.79 Å². The number of amides is 4. The summed E-state index contributed by atoms with van der Waals surface area (Å²) in [5.74, 6) is -4.71. The first-order valence-corrected chi connectivity index (χ1v) is 5.87. The summed E-state index contributed by atoms with van der Waals surface area (Å²) < 4.78 is 0. The Kier molecular flexibility index (Phi) is 7.92. The van der Waals surface area contributed by atoms with Gasteiger partial charge in [-0.25, -0.2) is 10.3 Å². The SMILES string of the molecule is CNC(=O)[C@H](CC(=O)O)NC(=O)[C@H](CC(=O)O)NC(=O)NO. The van der Waals surface area contributed by atoms with E-state index in [9.17, 15) is 24.0 Å². The fourth-order valence-electron chi connectivity index (χ4n) is 1.40. The molecule has 0 aliphatic rings. The zero-order chi connectivity index (χ0) is 17.3. The van der Waals surface area contributed by atoms with Crippen molar-refractivity contribution in [1.29, 1.82) is 0 Å². The van der Waals surface area contributed by atoms with Crippen LogP contribution in [0.2, 0.25) is 0 Å². The van der Waals surface area contributed by atoms with E-state index >= 15 is 0 Å². The van der Waals surface area contributed by atoms with Crippen LogP contribution in [-0.2, 0) is 19.2 Å². The number of carboxylic acids is 2. The van der Waals surface area contributed by atoms with Gasteiger partial charge in [0.15, 0.2) is 0 Å². The molecule has 0 spiro atoms. The summed E-state index contributed by atoms with van der Waals surface area (Å²) in [6.07, 6.45) is -1.58. The number of hydrogen-bond donors (Lipinski definition) is 7. The normalized spacial score (nSPS) is 12.5. The third kappa shape index (κ3) is 7.04. The molecule has 0 heterocycles. The molecular formula is C10H16N4O8. The average molecular weight is 320 g/mol. The van der Waals surface area contributed by atoms with Crippen molar-refractivity contribution < 1.29 is 39.4 Å². The predicted octanol–water partition coefficient (Wildman–Crippen LogP) is -2.78.